The lowest BCUT2D eigenvalue weighted by Crippen LogP contribution is -2.17. The first-order valence-corrected chi connectivity index (χ1v) is 6.01. The first-order valence-electron chi connectivity index (χ1n) is 6.01. The van der Waals surface area contributed by atoms with Crippen LogP contribution in [-0.4, -0.2) is 11.5 Å². The first kappa shape index (κ1) is 11.8. The molecule has 1 heterocycles. The van der Waals surface area contributed by atoms with E-state index < -0.39 is 0 Å². The van der Waals surface area contributed by atoms with Gasteiger partial charge in [-0.15, -0.1) is 0 Å². The highest BCUT2D eigenvalue weighted by Gasteiger charge is 1.94. The van der Waals surface area contributed by atoms with E-state index in [1.165, 1.54) is 11.1 Å². The molecule has 0 fully saturated rings. The Kier molecular flexibility index (Phi) is 4.28. The molecule has 0 aliphatic rings. The van der Waals surface area contributed by atoms with Crippen LogP contribution in [0.2, 0.25) is 0 Å². The normalized spacial score (nSPS) is 10.4. The van der Waals surface area contributed by atoms with Gasteiger partial charge in [-0.2, -0.15) is 0 Å². The van der Waals surface area contributed by atoms with Crippen LogP contribution in [0, 0.1) is 6.92 Å². The second kappa shape index (κ2) is 6.16. The van der Waals surface area contributed by atoms with Crippen molar-refractivity contribution in [1.82, 2.24) is 10.3 Å². The highest BCUT2D eigenvalue weighted by atomic mass is 14.8. The zero-order valence-electron chi connectivity index (χ0n) is 10.2. The molecule has 0 spiro atoms. The number of aryl methyl sites for hydroxylation is 1. The van der Waals surface area contributed by atoms with Crippen molar-refractivity contribution in [2.75, 3.05) is 6.54 Å². The lowest BCUT2D eigenvalue weighted by atomic mass is 10.1. The number of nitrogens with one attached hydrogen (secondary N) is 1. The van der Waals surface area contributed by atoms with Crippen molar-refractivity contribution in [1.29, 1.82) is 0 Å². The average molecular weight is 226 g/mol. The third-order valence-corrected chi connectivity index (χ3v) is 2.73. The molecule has 0 radical (unpaired) electrons. The molecule has 0 bridgehead atoms. The molecule has 0 unspecified atom stereocenters. The Morgan fingerprint density at radius 1 is 1.06 bits per heavy atom. The maximum atomic E-state index is 4.29. The molecule has 0 amide bonds. The molecule has 2 rings (SSSR count). The Morgan fingerprint density at radius 3 is 2.59 bits per heavy atom. The van der Waals surface area contributed by atoms with Gasteiger partial charge in [0.2, 0.25) is 0 Å². The summed E-state index contributed by atoms with van der Waals surface area (Å²) in [6, 6.07) is 14.7. The van der Waals surface area contributed by atoms with Gasteiger partial charge in [-0.05, 0) is 24.6 Å². The van der Waals surface area contributed by atoms with Crippen molar-refractivity contribution in [2.24, 2.45) is 0 Å². The van der Waals surface area contributed by atoms with Crippen molar-refractivity contribution in [3.63, 3.8) is 0 Å². The molecule has 0 saturated heterocycles. The van der Waals surface area contributed by atoms with Gasteiger partial charge >= 0.3 is 0 Å². The van der Waals surface area contributed by atoms with E-state index in [2.05, 4.69) is 47.6 Å². The minimum absolute atomic E-state index is 0.924. The van der Waals surface area contributed by atoms with Gasteiger partial charge in [0.25, 0.3) is 0 Å². The second-order valence-corrected chi connectivity index (χ2v) is 4.23. The maximum absolute atomic E-state index is 4.29. The van der Waals surface area contributed by atoms with Crippen molar-refractivity contribution in [3.8, 4) is 0 Å². The molecule has 1 aromatic heterocycles. The van der Waals surface area contributed by atoms with E-state index in [0.29, 0.717) is 0 Å². The van der Waals surface area contributed by atoms with Gasteiger partial charge in [-0.1, -0.05) is 35.9 Å². The summed E-state index contributed by atoms with van der Waals surface area (Å²) in [5.74, 6) is 0. The Hall–Kier alpha value is -1.67. The van der Waals surface area contributed by atoms with Crippen LogP contribution < -0.4 is 5.32 Å². The quantitative estimate of drug-likeness (QED) is 0.793. The molecule has 88 valence electrons. The number of hydrogen-bond acceptors (Lipinski definition) is 2. The zero-order chi connectivity index (χ0) is 11.9. The molecule has 2 nitrogen and oxygen atoms in total. The minimum Gasteiger partial charge on any atom is -0.312 e. The lowest BCUT2D eigenvalue weighted by molar-refractivity contribution is 0.680. The van der Waals surface area contributed by atoms with E-state index >= 15 is 0 Å². The molecule has 0 aliphatic heterocycles. The average Bonchev–Trinajstić information content (AvgIpc) is 2.38. The van der Waals surface area contributed by atoms with E-state index in [-0.39, 0.29) is 0 Å². The molecule has 1 aromatic carbocycles. The summed E-state index contributed by atoms with van der Waals surface area (Å²) < 4.78 is 0. The maximum Gasteiger partial charge on any atom is 0.0416 e. The Labute approximate surface area is 103 Å². The third-order valence-electron chi connectivity index (χ3n) is 2.73. The van der Waals surface area contributed by atoms with Crippen LogP contribution >= 0.6 is 0 Å². The summed E-state index contributed by atoms with van der Waals surface area (Å²) in [5.41, 5.74) is 3.78. The van der Waals surface area contributed by atoms with E-state index in [9.17, 15) is 0 Å². The molecule has 0 aliphatic carbocycles. The van der Waals surface area contributed by atoms with E-state index in [1.54, 1.807) is 0 Å². The van der Waals surface area contributed by atoms with Gasteiger partial charge in [-0.3, -0.25) is 4.98 Å². The SMILES string of the molecule is Cc1ccc(CNCCc2ccccn2)cc1. The molecule has 2 aromatic rings. The summed E-state index contributed by atoms with van der Waals surface area (Å²) in [7, 11) is 0. The standard InChI is InChI=1S/C15H18N2/c1-13-5-7-14(8-6-13)12-16-11-9-15-4-2-3-10-17-15/h2-8,10,16H,9,11-12H2,1H3. The lowest BCUT2D eigenvalue weighted by Gasteiger charge is -2.05. The van der Waals surface area contributed by atoms with Gasteiger partial charge in [0.05, 0.1) is 0 Å². The van der Waals surface area contributed by atoms with Gasteiger partial charge in [0, 0.05) is 31.4 Å². The first-order chi connectivity index (χ1) is 8.34. The Bertz CT molecular complexity index is 434. The number of rotatable bonds is 5. The monoisotopic (exact) mass is 226 g/mol. The molecule has 0 atom stereocenters. The van der Waals surface area contributed by atoms with Crippen LogP contribution in [0.15, 0.2) is 48.7 Å². The van der Waals surface area contributed by atoms with Crippen molar-refractivity contribution in [3.05, 3.63) is 65.5 Å². The zero-order valence-corrected chi connectivity index (χ0v) is 10.2. The van der Waals surface area contributed by atoms with Crippen molar-refractivity contribution in [2.45, 2.75) is 19.9 Å². The summed E-state index contributed by atoms with van der Waals surface area (Å²) in [6.07, 6.45) is 2.82. The fourth-order valence-electron chi connectivity index (χ4n) is 1.70. The molecular formula is C15H18N2. The van der Waals surface area contributed by atoms with Crippen LogP contribution in [0.4, 0.5) is 0 Å². The van der Waals surface area contributed by atoms with Gasteiger partial charge < -0.3 is 5.32 Å². The van der Waals surface area contributed by atoms with Gasteiger partial charge in [-0.25, -0.2) is 0 Å². The predicted octanol–water partition coefficient (Wildman–Crippen LogP) is 2.72. The number of pyridine rings is 1. The molecule has 0 saturated carbocycles. The van der Waals surface area contributed by atoms with Crippen molar-refractivity contribution >= 4 is 0 Å². The molecular weight excluding hydrogens is 208 g/mol. The van der Waals surface area contributed by atoms with Crippen molar-refractivity contribution < 1.29 is 0 Å². The second-order valence-electron chi connectivity index (χ2n) is 4.23. The summed E-state index contributed by atoms with van der Waals surface area (Å²) in [5, 5.41) is 3.43. The van der Waals surface area contributed by atoms with Crippen LogP contribution in [-0.2, 0) is 13.0 Å². The van der Waals surface area contributed by atoms with Crippen LogP contribution in [0.1, 0.15) is 16.8 Å². The summed E-state index contributed by atoms with van der Waals surface area (Å²) >= 11 is 0. The fraction of sp³-hybridized carbons (Fsp3) is 0.267. The van der Waals surface area contributed by atoms with Gasteiger partial charge in [0.15, 0.2) is 0 Å². The number of hydrogen-bond donors (Lipinski definition) is 1. The highest BCUT2D eigenvalue weighted by Crippen LogP contribution is 2.02. The van der Waals surface area contributed by atoms with E-state index in [1.807, 2.05) is 18.3 Å². The Morgan fingerprint density at radius 2 is 1.88 bits per heavy atom. The largest absolute Gasteiger partial charge is 0.312 e. The van der Waals surface area contributed by atoms with E-state index in [4.69, 9.17) is 0 Å². The third kappa shape index (κ3) is 4.00. The van der Waals surface area contributed by atoms with Crippen LogP contribution in [0.5, 0.6) is 0 Å². The van der Waals surface area contributed by atoms with Crippen LogP contribution in [0.3, 0.4) is 0 Å². The Balaban J connectivity index is 1.71. The van der Waals surface area contributed by atoms with Gasteiger partial charge in [0.1, 0.15) is 0 Å². The fourth-order valence-corrected chi connectivity index (χ4v) is 1.70. The summed E-state index contributed by atoms with van der Waals surface area (Å²) in [4.78, 5) is 4.29. The topological polar surface area (TPSA) is 24.9 Å². The minimum atomic E-state index is 0.924. The number of benzene rings is 1. The summed E-state index contributed by atoms with van der Waals surface area (Å²) in [6.45, 7) is 4.00. The molecule has 17 heavy (non-hydrogen) atoms. The molecule has 1 N–H and O–H groups in total. The predicted molar refractivity (Wildman–Crippen MR) is 70.8 cm³/mol. The highest BCUT2D eigenvalue weighted by molar-refractivity contribution is 5.21. The molecule has 2 heteroatoms. The smallest absolute Gasteiger partial charge is 0.0416 e. The van der Waals surface area contributed by atoms with Crippen LogP contribution in [0.25, 0.3) is 0 Å². The van der Waals surface area contributed by atoms with E-state index in [0.717, 1.165) is 25.2 Å². The number of aromatic nitrogens is 1. The number of nitrogens with zero attached hydrogens (tertiary/aromatic N) is 1.